The number of ketones is 2. The molecule has 1 aromatic rings. The number of halogens is 1. The summed E-state index contributed by atoms with van der Waals surface area (Å²) in [7, 11) is 0. The van der Waals surface area contributed by atoms with Crippen molar-refractivity contribution < 1.29 is 33.8 Å². The maximum atomic E-state index is 14.0. The Morgan fingerprint density at radius 3 is 2.50 bits per heavy atom. The van der Waals surface area contributed by atoms with Crippen LogP contribution in [0.3, 0.4) is 0 Å². The predicted molar refractivity (Wildman–Crippen MR) is 152 cm³/mol. The molecular weight excluding hydrogens is 576 g/mol. The Hall–Kier alpha value is -2.58. The van der Waals surface area contributed by atoms with Crippen molar-refractivity contribution in [2.75, 3.05) is 6.61 Å². The normalized spacial score (nSPS) is 39.9. The van der Waals surface area contributed by atoms with E-state index in [1.54, 1.807) is 49.4 Å². The maximum absolute atomic E-state index is 14.0. The molecule has 1 aromatic carbocycles. The van der Waals surface area contributed by atoms with Gasteiger partial charge in [0, 0.05) is 17.3 Å². The lowest BCUT2D eigenvalue weighted by Gasteiger charge is -2.65. The number of hydrogen-bond acceptors (Lipinski definition) is 7. The average Bonchev–Trinajstić information content (AvgIpc) is 3.22. The number of allylic oxidation sites excluding steroid dienone is 4. The fraction of sp³-hybridized carbons (Fsp3) is 0.562. The van der Waals surface area contributed by atoms with Crippen LogP contribution in [0.2, 0.25) is 0 Å². The number of ether oxygens (including phenoxy) is 2. The van der Waals surface area contributed by atoms with Crippen molar-refractivity contribution in [3.05, 3.63) is 59.7 Å². The third-order valence-corrected chi connectivity index (χ3v) is 12.4. The number of fused-ring (bicyclic) bond motifs is 5. The third-order valence-electron chi connectivity index (χ3n) is 10.5. The van der Waals surface area contributed by atoms with Crippen molar-refractivity contribution in [3.8, 4) is 0 Å². The highest BCUT2D eigenvalue weighted by Crippen LogP contribution is 2.72. The van der Waals surface area contributed by atoms with E-state index >= 15 is 0 Å². The lowest BCUT2D eigenvalue weighted by Crippen LogP contribution is -2.69. The van der Waals surface area contributed by atoms with Gasteiger partial charge < -0.3 is 14.6 Å². The Morgan fingerprint density at radius 2 is 1.82 bits per heavy atom. The zero-order valence-electron chi connectivity index (χ0n) is 23.4. The summed E-state index contributed by atoms with van der Waals surface area (Å²) in [4.78, 5) is 51.8. The van der Waals surface area contributed by atoms with Crippen LogP contribution in [-0.2, 0) is 23.9 Å². The molecule has 214 valence electrons. The second-order valence-corrected chi connectivity index (χ2v) is 13.7. The van der Waals surface area contributed by atoms with Crippen LogP contribution in [0.1, 0.15) is 70.2 Å². The van der Waals surface area contributed by atoms with Gasteiger partial charge in [-0.25, -0.2) is 4.79 Å². The molecule has 4 aliphatic carbocycles. The molecule has 1 N–H and O–H groups in total. The topological polar surface area (TPSA) is 107 Å². The largest absolute Gasteiger partial charge is 0.457 e. The number of carbonyl (C=O) groups is 4. The lowest BCUT2D eigenvalue weighted by atomic mass is 9.44. The molecule has 8 heteroatoms. The minimum Gasteiger partial charge on any atom is -0.457 e. The first-order valence-electron chi connectivity index (χ1n) is 14.1. The zero-order valence-corrected chi connectivity index (χ0v) is 25.0. The first-order valence-corrected chi connectivity index (χ1v) is 14.9. The first kappa shape index (κ1) is 28.9. The second-order valence-electron chi connectivity index (χ2n) is 12.4. The van der Waals surface area contributed by atoms with Crippen molar-refractivity contribution in [2.24, 2.45) is 28.6 Å². The molecule has 0 radical (unpaired) electrons. The van der Waals surface area contributed by atoms with Gasteiger partial charge in [0.2, 0.25) is 5.78 Å². The highest BCUT2D eigenvalue weighted by atomic mass is 79.9. The molecule has 5 rings (SSSR count). The number of aliphatic hydroxyl groups is 1. The first-order chi connectivity index (χ1) is 18.8. The number of aliphatic hydroxyl groups excluding tert-OH is 1. The summed E-state index contributed by atoms with van der Waals surface area (Å²) in [6.45, 7) is 7.27. The highest BCUT2D eigenvalue weighted by Gasteiger charge is 2.74. The number of Topliss-reactive ketones (excluding diaryl/α,β-unsaturated/α-hetero) is 1. The fourth-order valence-corrected chi connectivity index (χ4v) is 9.46. The van der Waals surface area contributed by atoms with Crippen molar-refractivity contribution in [2.45, 2.75) is 75.8 Å². The van der Waals surface area contributed by atoms with Gasteiger partial charge in [-0.2, -0.15) is 0 Å². The van der Waals surface area contributed by atoms with E-state index in [-0.39, 0.29) is 42.8 Å². The fourth-order valence-electron chi connectivity index (χ4n) is 8.43. The van der Waals surface area contributed by atoms with E-state index < -0.39 is 51.2 Å². The van der Waals surface area contributed by atoms with Gasteiger partial charge in [-0.3, -0.25) is 14.4 Å². The summed E-state index contributed by atoms with van der Waals surface area (Å²) < 4.78 is 10.7. The molecule has 40 heavy (non-hydrogen) atoms. The monoisotopic (exact) mass is 612 g/mol. The van der Waals surface area contributed by atoms with Crippen LogP contribution < -0.4 is 0 Å². The van der Waals surface area contributed by atoms with Gasteiger partial charge >= 0.3 is 11.9 Å². The molecular formula is C32H37BrO7. The van der Waals surface area contributed by atoms with Gasteiger partial charge in [-0.05, 0) is 67.7 Å². The average molecular weight is 614 g/mol. The van der Waals surface area contributed by atoms with E-state index in [0.29, 0.717) is 18.4 Å². The summed E-state index contributed by atoms with van der Waals surface area (Å²) in [5, 5.41) is 12.0. The van der Waals surface area contributed by atoms with E-state index in [4.69, 9.17) is 9.47 Å². The number of hydrogen-bond donors (Lipinski definition) is 1. The second kappa shape index (κ2) is 10.1. The molecule has 0 heterocycles. The Bertz CT molecular complexity index is 1300. The molecule has 3 fully saturated rings. The van der Waals surface area contributed by atoms with Crippen LogP contribution in [0.4, 0.5) is 0 Å². The molecule has 4 aliphatic rings. The molecule has 0 bridgehead atoms. The summed E-state index contributed by atoms with van der Waals surface area (Å²) in [6, 6.07) is 8.53. The zero-order chi connectivity index (χ0) is 29.1. The summed E-state index contributed by atoms with van der Waals surface area (Å²) >= 11 is 4.05. The van der Waals surface area contributed by atoms with Gasteiger partial charge in [-0.15, -0.1) is 0 Å². The van der Waals surface area contributed by atoms with Gasteiger partial charge in [0.15, 0.2) is 18.0 Å². The van der Waals surface area contributed by atoms with Gasteiger partial charge in [-0.1, -0.05) is 73.5 Å². The molecule has 0 amide bonds. The van der Waals surface area contributed by atoms with Crippen LogP contribution in [-0.4, -0.2) is 51.2 Å². The van der Waals surface area contributed by atoms with E-state index in [9.17, 15) is 24.3 Å². The minimum atomic E-state index is -1.58. The molecule has 0 spiro atoms. The van der Waals surface area contributed by atoms with Crippen LogP contribution in [0.5, 0.6) is 0 Å². The van der Waals surface area contributed by atoms with Gasteiger partial charge in [0.25, 0.3) is 0 Å². The minimum absolute atomic E-state index is 0.0519. The van der Waals surface area contributed by atoms with Crippen LogP contribution in [0.25, 0.3) is 0 Å². The van der Waals surface area contributed by atoms with E-state index in [1.807, 2.05) is 13.0 Å². The molecule has 7 nitrogen and oxygen atoms in total. The smallest absolute Gasteiger partial charge is 0.339 e. The molecule has 0 aliphatic heterocycles. The Kier molecular flexibility index (Phi) is 7.27. The number of carbonyl (C=O) groups excluding carboxylic acids is 4. The standard InChI is InChI=1S/C32H37BrO7/c1-5-27(37)39-18-26(36)31(40-28(38)20-9-7-6-8-10-20)14-12-22-24-15-19(2)23-16-21(34)11-13-29(23,3)32(24,33)25(35)17-30(22,31)4/h6-11,13,16,19,22,24-25,35H,5,12,14-15,17-18H2,1-4H3/t19-,22-,24-,25-,29-,30-,31-,32-/m0/s1. The number of rotatable bonds is 6. The quantitative estimate of drug-likeness (QED) is 0.350. The van der Waals surface area contributed by atoms with Gasteiger partial charge in [0.1, 0.15) is 0 Å². The Labute approximate surface area is 243 Å². The maximum Gasteiger partial charge on any atom is 0.339 e. The SMILES string of the molecule is CCC(=O)OCC(=O)[C@@]1(OC(=O)c2ccccc2)CC[C@H]2[C@@H]3C[C@H](C)C4=CC(=O)C=C[C@]4(C)[C@@]3(Br)[C@@H](O)C[C@@]21C. The summed E-state index contributed by atoms with van der Waals surface area (Å²) in [6.07, 6.45) is 6.16. The molecule has 0 aromatic heterocycles. The Morgan fingerprint density at radius 1 is 1.12 bits per heavy atom. The molecule has 0 unspecified atom stereocenters. The molecule has 3 saturated carbocycles. The number of benzene rings is 1. The van der Waals surface area contributed by atoms with Crippen molar-refractivity contribution in [3.63, 3.8) is 0 Å². The van der Waals surface area contributed by atoms with Crippen molar-refractivity contribution in [1.82, 2.24) is 0 Å². The van der Waals surface area contributed by atoms with E-state index in [2.05, 4.69) is 29.8 Å². The van der Waals surface area contributed by atoms with Crippen LogP contribution >= 0.6 is 15.9 Å². The summed E-state index contributed by atoms with van der Waals surface area (Å²) in [5.74, 6) is -1.73. The molecule has 8 atom stereocenters. The van der Waals surface area contributed by atoms with Crippen molar-refractivity contribution in [1.29, 1.82) is 0 Å². The lowest BCUT2D eigenvalue weighted by molar-refractivity contribution is -0.178. The predicted octanol–water partition coefficient (Wildman–Crippen LogP) is 5.15. The van der Waals surface area contributed by atoms with E-state index in [0.717, 1.165) is 5.57 Å². The number of esters is 2. The Balaban J connectivity index is 1.58. The molecule has 0 saturated heterocycles. The van der Waals surface area contributed by atoms with Crippen LogP contribution in [0.15, 0.2) is 54.1 Å². The van der Waals surface area contributed by atoms with E-state index in [1.165, 1.54) is 0 Å². The van der Waals surface area contributed by atoms with Crippen LogP contribution in [0, 0.1) is 28.6 Å². The summed E-state index contributed by atoms with van der Waals surface area (Å²) in [5.41, 5.74) is -1.79. The third kappa shape index (κ3) is 4.00. The van der Waals surface area contributed by atoms with Crippen molar-refractivity contribution >= 4 is 39.4 Å². The number of alkyl halides is 1. The van der Waals surface area contributed by atoms with Gasteiger partial charge in [0.05, 0.1) is 16.0 Å². The highest BCUT2D eigenvalue weighted by molar-refractivity contribution is 9.10.